The van der Waals surface area contributed by atoms with Crippen LogP contribution in [0.25, 0.3) is 10.8 Å². The Kier molecular flexibility index (Phi) is 4.94. The van der Waals surface area contributed by atoms with Crippen molar-refractivity contribution < 1.29 is 22.7 Å². The minimum atomic E-state index is -3.59. The number of ether oxygens (including phenoxy) is 2. The van der Waals surface area contributed by atoms with Crippen LogP contribution in [0.2, 0.25) is 0 Å². The second kappa shape index (κ2) is 7.56. The van der Waals surface area contributed by atoms with Gasteiger partial charge in [0.15, 0.2) is 0 Å². The molecule has 1 N–H and O–H groups in total. The smallest absolute Gasteiger partial charge is 0.313 e. The van der Waals surface area contributed by atoms with Crippen molar-refractivity contribution in [2.45, 2.75) is 11.3 Å². The van der Waals surface area contributed by atoms with Crippen molar-refractivity contribution in [3.8, 4) is 11.5 Å². The second-order valence-corrected chi connectivity index (χ2v) is 8.08. The lowest BCUT2D eigenvalue weighted by molar-refractivity contribution is -0.134. The molecule has 1 aliphatic heterocycles. The first-order chi connectivity index (χ1) is 14.0. The molecule has 0 unspecified atom stereocenters. The zero-order valence-electron chi connectivity index (χ0n) is 15.6. The van der Waals surface area contributed by atoms with Gasteiger partial charge in [-0.25, -0.2) is 8.42 Å². The summed E-state index contributed by atoms with van der Waals surface area (Å²) in [5.41, 5.74) is 0.504. The van der Waals surface area contributed by atoms with Crippen molar-refractivity contribution >= 4 is 32.6 Å². The quantitative estimate of drug-likeness (QED) is 0.516. The number of sulfonamides is 1. The van der Waals surface area contributed by atoms with Crippen molar-refractivity contribution in [2.24, 2.45) is 4.99 Å². The molecule has 0 radical (unpaired) electrons. The van der Waals surface area contributed by atoms with E-state index in [0.717, 1.165) is 16.5 Å². The summed E-state index contributed by atoms with van der Waals surface area (Å²) < 4.78 is 37.1. The van der Waals surface area contributed by atoms with E-state index in [1.165, 1.54) is 6.07 Å². The highest BCUT2D eigenvalue weighted by molar-refractivity contribution is 7.90. The van der Waals surface area contributed by atoms with E-state index < -0.39 is 16.0 Å². The van der Waals surface area contributed by atoms with Gasteiger partial charge in [0.05, 0.1) is 25.0 Å². The molecule has 0 spiro atoms. The minimum Gasteiger partial charge on any atom is -0.497 e. The summed E-state index contributed by atoms with van der Waals surface area (Å²) in [6.07, 6.45) is 0.0174. The normalized spacial score (nSPS) is 15.7. The Labute approximate surface area is 168 Å². The molecule has 0 amide bonds. The Balaban J connectivity index is 1.42. The van der Waals surface area contributed by atoms with Crippen LogP contribution < -0.4 is 14.2 Å². The molecule has 0 aliphatic carbocycles. The van der Waals surface area contributed by atoms with Crippen molar-refractivity contribution in [2.75, 3.05) is 13.7 Å². The highest BCUT2D eigenvalue weighted by atomic mass is 32.2. The van der Waals surface area contributed by atoms with Crippen LogP contribution in [0.4, 0.5) is 0 Å². The standard InChI is InChI=1S/C21H18N2O5S/c1-27-16-8-6-14-7-9-17(13-15(14)12-16)28-20(24)10-11-22-21-18-4-2-3-5-19(18)29(25,26)23-21/h2-9,12-13H,10-11H2,1H3,(H,22,23). The highest BCUT2D eigenvalue weighted by Crippen LogP contribution is 2.25. The maximum absolute atomic E-state index is 12.2. The minimum absolute atomic E-state index is 0.0174. The Bertz CT molecular complexity index is 1230. The van der Waals surface area contributed by atoms with Gasteiger partial charge in [-0.2, -0.15) is 0 Å². The van der Waals surface area contributed by atoms with Crippen LogP contribution in [-0.4, -0.2) is 33.9 Å². The second-order valence-electron chi connectivity index (χ2n) is 6.43. The van der Waals surface area contributed by atoms with E-state index in [4.69, 9.17) is 9.47 Å². The molecular weight excluding hydrogens is 392 g/mol. The van der Waals surface area contributed by atoms with E-state index in [1.54, 1.807) is 37.4 Å². The number of methoxy groups -OCH3 is 1. The number of carbonyl (C=O) groups excluding carboxylic acids is 1. The number of fused-ring (bicyclic) bond motifs is 2. The SMILES string of the molecule is COc1ccc2ccc(OC(=O)CCN=C3NS(=O)(=O)c4ccccc43)cc2c1. The first kappa shape index (κ1) is 18.9. The van der Waals surface area contributed by atoms with E-state index in [9.17, 15) is 13.2 Å². The molecule has 1 heterocycles. The summed E-state index contributed by atoms with van der Waals surface area (Å²) in [6.45, 7) is 0.104. The third kappa shape index (κ3) is 3.93. The monoisotopic (exact) mass is 410 g/mol. The van der Waals surface area contributed by atoms with Gasteiger partial charge in [0.1, 0.15) is 17.3 Å². The van der Waals surface area contributed by atoms with Crippen LogP contribution in [-0.2, 0) is 14.8 Å². The molecular formula is C21H18N2O5S. The zero-order chi connectivity index (χ0) is 20.4. The maximum Gasteiger partial charge on any atom is 0.313 e. The van der Waals surface area contributed by atoms with Crippen LogP contribution in [0.1, 0.15) is 12.0 Å². The van der Waals surface area contributed by atoms with Gasteiger partial charge in [-0.05, 0) is 47.2 Å². The number of rotatable bonds is 5. The molecule has 0 saturated heterocycles. The molecule has 8 heteroatoms. The van der Waals surface area contributed by atoms with Crippen molar-refractivity contribution in [1.29, 1.82) is 0 Å². The average Bonchev–Trinajstić information content (AvgIpc) is 2.98. The van der Waals surface area contributed by atoms with Crippen molar-refractivity contribution in [1.82, 2.24) is 4.72 Å². The lowest BCUT2D eigenvalue weighted by atomic mass is 10.1. The maximum atomic E-state index is 12.2. The predicted octanol–water partition coefficient (Wildman–Crippen LogP) is 2.88. The Hall–Kier alpha value is -3.39. The molecule has 0 saturated carbocycles. The summed E-state index contributed by atoms with van der Waals surface area (Å²) in [5, 5.41) is 1.90. The fourth-order valence-corrected chi connectivity index (χ4v) is 4.34. The topological polar surface area (TPSA) is 94.1 Å². The molecule has 3 aromatic rings. The number of hydrogen-bond donors (Lipinski definition) is 1. The lowest BCUT2D eigenvalue weighted by Crippen LogP contribution is -2.22. The number of nitrogens with zero attached hydrogens (tertiary/aromatic N) is 1. The molecule has 1 aliphatic rings. The molecule has 0 fully saturated rings. The van der Waals surface area contributed by atoms with Crippen molar-refractivity contribution in [3.63, 3.8) is 0 Å². The van der Waals surface area contributed by atoms with Crippen LogP contribution in [0, 0.1) is 0 Å². The molecule has 4 rings (SSSR count). The average molecular weight is 410 g/mol. The fourth-order valence-electron chi connectivity index (χ4n) is 3.09. The van der Waals surface area contributed by atoms with Crippen LogP contribution >= 0.6 is 0 Å². The van der Waals surface area contributed by atoms with E-state index in [-0.39, 0.29) is 23.7 Å². The largest absolute Gasteiger partial charge is 0.497 e. The van der Waals surface area contributed by atoms with Crippen LogP contribution in [0.3, 0.4) is 0 Å². The van der Waals surface area contributed by atoms with E-state index in [0.29, 0.717) is 11.3 Å². The number of amidine groups is 1. The van der Waals surface area contributed by atoms with Crippen molar-refractivity contribution in [3.05, 3.63) is 66.2 Å². The molecule has 3 aromatic carbocycles. The first-order valence-corrected chi connectivity index (χ1v) is 10.4. The Morgan fingerprint density at radius 3 is 2.52 bits per heavy atom. The van der Waals surface area contributed by atoms with Gasteiger partial charge in [0.2, 0.25) is 0 Å². The Morgan fingerprint density at radius 2 is 1.72 bits per heavy atom. The van der Waals surface area contributed by atoms with Gasteiger partial charge in [0.25, 0.3) is 10.0 Å². The van der Waals surface area contributed by atoms with Gasteiger partial charge < -0.3 is 9.47 Å². The Morgan fingerprint density at radius 1 is 1.00 bits per heavy atom. The molecule has 0 atom stereocenters. The van der Waals surface area contributed by atoms with Gasteiger partial charge in [-0.15, -0.1) is 0 Å². The third-order valence-corrected chi connectivity index (χ3v) is 5.90. The van der Waals surface area contributed by atoms with Gasteiger partial charge in [-0.3, -0.25) is 14.5 Å². The number of carbonyl (C=O) groups is 1. The van der Waals surface area contributed by atoms with E-state index >= 15 is 0 Å². The van der Waals surface area contributed by atoms with Gasteiger partial charge in [-0.1, -0.05) is 24.3 Å². The molecule has 0 aromatic heterocycles. The van der Waals surface area contributed by atoms with Crippen LogP contribution in [0.5, 0.6) is 11.5 Å². The molecule has 0 bridgehead atoms. The van der Waals surface area contributed by atoms with Crippen LogP contribution in [0.15, 0.2) is 70.6 Å². The number of nitrogens with one attached hydrogen (secondary N) is 1. The van der Waals surface area contributed by atoms with E-state index in [2.05, 4.69) is 9.71 Å². The predicted molar refractivity (Wildman–Crippen MR) is 109 cm³/mol. The fraction of sp³-hybridized carbons (Fsp3) is 0.143. The van der Waals surface area contributed by atoms with Gasteiger partial charge >= 0.3 is 5.97 Å². The summed E-state index contributed by atoms with van der Waals surface area (Å²) in [5.74, 6) is 0.934. The first-order valence-electron chi connectivity index (χ1n) is 8.91. The summed E-state index contributed by atoms with van der Waals surface area (Å²) in [7, 11) is -2.00. The summed E-state index contributed by atoms with van der Waals surface area (Å²) in [6, 6.07) is 17.6. The van der Waals surface area contributed by atoms with Gasteiger partial charge in [0, 0.05) is 5.56 Å². The molecule has 7 nitrogen and oxygen atoms in total. The van der Waals surface area contributed by atoms with E-state index in [1.807, 2.05) is 24.3 Å². The number of benzene rings is 3. The highest BCUT2D eigenvalue weighted by Gasteiger charge is 2.29. The number of aliphatic imine (C=N–C) groups is 1. The summed E-state index contributed by atoms with van der Waals surface area (Å²) >= 11 is 0. The molecule has 29 heavy (non-hydrogen) atoms. The lowest BCUT2D eigenvalue weighted by Gasteiger charge is -2.06. The molecule has 148 valence electrons. The summed E-state index contributed by atoms with van der Waals surface area (Å²) in [4.78, 5) is 16.6. The number of esters is 1. The zero-order valence-corrected chi connectivity index (χ0v) is 16.4. The number of hydrogen-bond acceptors (Lipinski definition) is 6. The third-order valence-electron chi connectivity index (χ3n) is 4.50.